The molecule has 0 fully saturated rings. The molecule has 2 heteroatoms. The summed E-state index contributed by atoms with van der Waals surface area (Å²) in [6.45, 7) is 3.73. The van der Waals surface area contributed by atoms with E-state index in [1.165, 1.54) is 6.42 Å². The lowest BCUT2D eigenvalue weighted by atomic mass is 9.96. The Balaban J connectivity index is 2.84. The lowest BCUT2D eigenvalue weighted by Gasteiger charge is -2.26. The third-order valence-corrected chi connectivity index (χ3v) is 3.66. The highest BCUT2D eigenvalue weighted by atomic mass is 79.9. The van der Waals surface area contributed by atoms with Crippen LogP contribution in [0.5, 0.6) is 0 Å². The van der Waals surface area contributed by atoms with Crippen molar-refractivity contribution in [2.75, 3.05) is 0 Å². The Morgan fingerprint density at radius 2 is 2.50 bits per heavy atom. The largest absolute Gasteiger partial charge is 0.101 e. The topological polar surface area (TPSA) is 0 Å². The van der Waals surface area contributed by atoms with Crippen molar-refractivity contribution in [1.29, 1.82) is 0 Å². The number of alkyl halides is 1. The minimum absolute atomic E-state index is 0.118. The first-order valence-electron chi connectivity index (χ1n) is 3.38. The first kappa shape index (κ1) is 8.35. The summed E-state index contributed by atoms with van der Waals surface area (Å²) < 4.78 is -0.118. The fourth-order valence-corrected chi connectivity index (χ4v) is 1.80. The molecule has 0 saturated heterocycles. The van der Waals surface area contributed by atoms with Crippen molar-refractivity contribution < 1.29 is 0 Å². The Morgan fingerprint density at radius 3 is 2.90 bits per heavy atom. The van der Waals surface area contributed by atoms with Gasteiger partial charge >= 0.3 is 0 Å². The molecule has 0 aromatic heterocycles. The molecule has 0 heterocycles. The smallest absolute Gasteiger partial charge is 0.0786 e. The van der Waals surface area contributed by atoms with Crippen LogP contribution >= 0.6 is 27.5 Å². The fourth-order valence-electron chi connectivity index (χ4n) is 1.08. The van der Waals surface area contributed by atoms with Crippen molar-refractivity contribution in [2.45, 2.75) is 23.6 Å². The molecular formula is C8H10BrCl. The number of halogens is 2. The van der Waals surface area contributed by atoms with Gasteiger partial charge in [-0.3, -0.25) is 0 Å². The van der Waals surface area contributed by atoms with Gasteiger partial charge in [0.1, 0.15) is 0 Å². The van der Waals surface area contributed by atoms with Crippen molar-refractivity contribution in [2.24, 2.45) is 0 Å². The van der Waals surface area contributed by atoms with Crippen LogP contribution in [0.4, 0.5) is 0 Å². The minimum atomic E-state index is -0.118. The lowest BCUT2D eigenvalue weighted by Crippen LogP contribution is -2.19. The van der Waals surface area contributed by atoms with E-state index in [0.29, 0.717) is 0 Å². The average Bonchev–Trinajstić information content (AvgIpc) is 1.96. The van der Waals surface area contributed by atoms with Gasteiger partial charge in [0, 0.05) is 5.03 Å². The van der Waals surface area contributed by atoms with Crippen molar-refractivity contribution in [1.82, 2.24) is 0 Å². The molecule has 1 aliphatic rings. The van der Waals surface area contributed by atoms with Gasteiger partial charge in [0.25, 0.3) is 0 Å². The van der Waals surface area contributed by atoms with Gasteiger partial charge in [-0.1, -0.05) is 39.7 Å². The van der Waals surface area contributed by atoms with E-state index in [1.807, 2.05) is 6.08 Å². The van der Waals surface area contributed by atoms with Crippen LogP contribution in [0.2, 0.25) is 0 Å². The second kappa shape index (κ2) is 3.10. The molecule has 0 bridgehead atoms. The van der Waals surface area contributed by atoms with Gasteiger partial charge in [-0.05, 0) is 19.3 Å². The van der Waals surface area contributed by atoms with Crippen molar-refractivity contribution >= 4 is 27.5 Å². The Morgan fingerprint density at radius 1 is 1.80 bits per heavy atom. The summed E-state index contributed by atoms with van der Waals surface area (Å²) in [4.78, 5) is 0. The quantitative estimate of drug-likeness (QED) is 0.469. The molecule has 1 unspecified atom stereocenters. The summed E-state index contributed by atoms with van der Waals surface area (Å²) in [7, 11) is 0. The van der Waals surface area contributed by atoms with Crippen molar-refractivity contribution in [3.8, 4) is 0 Å². The van der Waals surface area contributed by atoms with Gasteiger partial charge in [-0.25, -0.2) is 0 Å². The third-order valence-electron chi connectivity index (χ3n) is 1.79. The first-order chi connectivity index (χ1) is 4.69. The summed E-state index contributed by atoms with van der Waals surface area (Å²) in [6.07, 6.45) is 7.27. The number of rotatable bonds is 1. The zero-order valence-corrected chi connectivity index (χ0v) is 8.08. The highest BCUT2D eigenvalue weighted by molar-refractivity contribution is 9.10. The van der Waals surface area contributed by atoms with Gasteiger partial charge in [0.15, 0.2) is 0 Å². The van der Waals surface area contributed by atoms with Gasteiger partial charge in [-0.15, -0.1) is 6.58 Å². The molecule has 0 aromatic rings. The monoisotopic (exact) mass is 220 g/mol. The Kier molecular flexibility index (Phi) is 2.59. The lowest BCUT2D eigenvalue weighted by molar-refractivity contribution is 0.666. The predicted molar refractivity (Wildman–Crippen MR) is 49.6 cm³/mol. The normalized spacial score (nSPS) is 33.2. The van der Waals surface area contributed by atoms with Crippen LogP contribution in [0, 0.1) is 0 Å². The van der Waals surface area contributed by atoms with E-state index in [0.717, 1.165) is 17.9 Å². The number of hydrogen-bond acceptors (Lipinski definition) is 0. The van der Waals surface area contributed by atoms with Crippen LogP contribution in [-0.4, -0.2) is 4.32 Å². The second-order valence-electron chi connectivity index (χ2n) is 2.51. The maximum absolute atomic E-state index is 5.97. The highest BCUT2D eigenvalue weighted by Gasteiger charge is 2.28. The highest BCUT2D eigenvalue weighted by Crippen LogP contribution is 2.39. The zero-order valence-electron chi connectivity index (χ0n) is 5.74. The maximum atomic E-state index is 5.97. The average molecular weight is 222 g/mol. The van der Waals surface area contributed by atoms with E-state index >= 15 is 0 Å². The first-order valence-corrected chi connectivity index (χ1v) is 4.55. The molecule has 1 atom stereocenters. The second-order valence-corrected chi connectivity index (χ2v) is 4.33. The summed E-state index contributed by atoms with van der Waals surface area (Å²) in [6, 6.07) is 0. The Bertz CT molecular complexity index is 174. The maximum Gasteiger partial charge on any atom is 0.0786 e. The summed E-state index contributed by atoms with van der Waals surface area (Å²) in [5.41, 5.74) is 0. The van der Waals surface area contributed by atoms with E-state index in [-0.39, 0.29) is 4.32 Å². The molecule has 0 N–H and O–H groups in total. The molecule has 10 heavy (non-hydrogen) atoms. The van der Waals surface area contributed by atoms with Crippen LogP contribution in [-0.2, 0) is 0 Å². The van der Waals surface area contributed by atoms with E-state index in [4.69, 9.17) is 11.6 Å². The molecule has 0 aromatic carbocycles. The molecule has 0 nitrogen and oxygen atoms in total. The molecule has 0 saturated carbocycles. The van der Waals surface area contributed by atoms with Gasteiger partial charge < -0.3 is 0 Å². The van der Waals surface area contributed by atoms with Gasteiger partial charge in [-0.2, -0.15) is 0 Å². The van der Waals surface area contributed by atoms with Crippen LogP contribution < -0.4 is 0 Å². The molecule has 56 valence electrons. The van der Waals surface area contributed by atoms with Gasteiger partial charge in [0.05, 0.1) is 4.32 Å². The zero-order chi connectivity index (χ0) is 7.61. The molecule has 0 amide bonds. The summed E-state index contributed by atoms with van der Waals surface area (Å²) >= 11 is 9.51. The third kappa shape index (κ3) is 1.46. The summed E-state index contributed by atoms with van der Waals surface area (Å²) in [5, 5.41) is 0.883. The van der Waals surface area contributed by atoms with Crippen molar-refractivity contribution in [3.63, 3.8) is 0 Å². The van der Waals surface area contributed by atoms with Gasteiger partial charge in [0.2, 0.25) is 0 Å². The number of hydrogen-bond donors (Lipinski definition) is 0. The molecule has 1 rings (SSSR count). The standard InChI is InChI=1S/C8H10BrCl/c1-2-8(9)6-4-3-5-7(8)10/h2,5H,1,3-4,6H2. The SMILES string of the molecule is C=CC1(Br)CCCC=C1Cl. The van der Waals surface area contributed by atoms with E-state index in [1.54, 1.807) is 0 Å². The minimum Gasteiger partial charge on any atom is -0.101 e. The molecular weight excluding hydrogens is 211 g/mol. The molecule has 1 aliphatic carbocycles. The van der Waals surface area contributed by atoms with Crippen molar-refractivity contribution in [3.05, 3.63) is 23.8 Å². The summed E-state index contributed by atoms with van der Waals surface area (Å²) in [5.74, 6) is 0. The van der Waals surface area contributed by atoms with Crippen LogP contribution in [0.15, 0.2) is 23.8 Å². The van der Waals surface area contributed by atoms with E-state index in [9.17, 15) is 0 Å². The fraction of sp³-hybridized carbons (Fsp3) is 0.500. The van der Waals surface area contributed by atoms with E-state index in [2.05, 4.69) is 28.6 Å². The van der Waals surface area contributed by atoms with Crippen LogP contribution in [0.3, 0.4) is 0 Å². The Labute approximate surface area is 75.1 Å². The molecule has 0 radical (unpaired) electrons. The molecule has 0 aliphatic heterocycles. The Hall–Kier alpha value is 0.250. The van der Waals surface area contributed by atoms with E-state index < -0.39 is 0 Å². The predicted octanol–water partition coefficient (Wildman–Crippen LogP) is 3.61. The molecule has 0 spiro atoms. The van der Waals surface area contributed by atoms with Crippen LogP contribution in [0.25, 0.3) is 0 Å². The number of allylic oxidation sites excluding steroid dienone is 3. The van der Waals surface area contributed by atoms with Crippen LogP contribution in [0.1, 0.15) is 19.3 Å².